The molecule has 1 aromatic carbocycles. The van der Waals surface area contributed by atoms with Crippen molar-refractivity contribution in [2.75, 3.05) is 14.1 Å². The Hall–Kier alpha value is -3.06. The molecule has 0 aliphatic carbocycles. The molecule has 2 aromatic heterocycles. The van der Waals surface area contributed by atoms with Crippen molar-refractivity contribution >= 4 is 5.91 Å². The van der Waals surface area contributed by atoms with Crippen LogP contribution in [0.5, 0.6) is 0 Å². The number of hydrogen-bond donors (Lipinski definition) is 1. The predicted octanol–water partition coefficient (Wildman–Crippen LogP) is 1.89. The third kappa shape index (κ3) is 3.94. The van der Waals surface area contributed by atoms with Crippen LogP contribution < -0.4 is 5.32 Å². The van der Waals surface area contributed by atoms with Gasteiger partial charge in [0.2, 0.25) is 5.91 Å². The maximum absolute atomic E-state index is 12.9. The molecule has 26 heavy (non-hydrogen) atoms. The van der Waals surface area contributed by atoms with Gasteiger partial charge in [-0.05, 0) is 32.6 Å². The maximum Gasteiger partial charge on any atom is 0.242 e. The molecule has 1 N–H and O–H groups in total. The summed E-state index contributed by atoms with van der Waals surface area (Å²) in [5, 5.41) is 7.14. The average Bonchev–Trinajstić information content (AvgIpc) is 3.14. The Balaban J connectivity index is 1.78. The van der Waals surface area contributed by atoms with Crippen LogP contribution in [0.15, 0.2) is 55.2 Å². The van der Waals surface area contributed by atoms with E-state index in [1.807, 2.05) is 62.3 Å². The summed E-state index contributed by atoms with van der Waals surface area (Å²) in [6, 6.07) is 11.4. The van der Waals surface area contributed by atoms with Crippen LogP contribution in [0.25, 0.3) is 5.82 Å². The Morgan fingerprint density at radius 3 is 2.81 bits per heavy atom. The summed E-state index contributed by atoms with van der Waals surface area (Å²) in [7, 11) is 3.80. The largest absolute Gasteiger partial charge is 0.350 e. The first kappa shape index (κ1) is 17.8. The Labute approximate surface area is 152 Å². The van der Waals surface area contributed by atoms with Gasteiger partial charge in [-0.3, -0.25) is 9.69 Å². The van der Waals surface area contributed by atoms with E-state index in [2.05, 4.69) is 20.4 Å². The molecule has 2 heterocycles. The summed E-state index contributed by atoms with van der Waals surface area (Å²) in [6.45, 7) is 2.38. The summed E-state index contributed by atoms with van der Waals surface area (Å²) >= 11 is 0. The molecular formula is C19H22N6O. The highest BCUT2D eigenvalue weighted by atomic mass is 16.2. The number of rotatable bonds is 6. The fourth-order valence-electron chi connectivity index (χ4n) is 2.90. The molecule has 0 radical (unpaired) electrons. The SMILES string of the molecule is Cc1cccc([C@H](C(=O)NCc2cccnc2-n2cncn2)N(C)C)c1. The normalized spacial score (nSPS) is 12.2. The third-order valence-electron chi connectivity index (χ3n) is 4.08. The number of carbonyl (C=O) groups is 1. The second-order valence-electron chi connectivity index (χ2n) is 6.32. The van der Waals surface area contributed by atoms with Crippen molar-refractivity contribution in [3.63, 3.8) is 0 Å². The molecule has 7 nitrogen and oxygen atoms in total. The van der Waals surface area contributed by atoms with Crippen LogP contribution in [0.4, 0.5) is 0 Å². The highest BCUT2D eigenvalue weighted by Gasteiger charge is 2.23. The van der Waals surface area contributed by atoms with Gasteiger partial charge in [-0.1, -0.05) is 35.9 Å². The topological polar surface area (TPSA) is 75.9 Å². The summed E-state index contributed by atoms with van der Waals surface area (Å²) in [5.41, 5.74) is 2.96. The van der Waals surface area contributed by atoms with E-state index in [-0.39, 0.29) is 11.9 Å². The van der Waals surface area contributed by atoms with E-state index in [1.54, 1.807) is 17.2 Å². The lowest BCUT2D eigenvalue weighted by Gasteiger charge is -2.24. The van der Waals surface area contributed by atoms with E-state index in [1.165, 1.54) is 6.33 Å². The monoisotopic (exact) mass is 350 g/mol. The van der Waals surface area contributed by atoms with Gasteiger partial charge in [-0.15, -0.1) is 0 Å². The molecule has 3 rings (SSSR count). The molecule has 1 atom stereocenters. The van der Waals surface area contributed by atoms with Crippen molar-refractivity contribution in [3.8, 4) is 5.82 Å². The van der Waals surface area contributed by atoms with Gasteiger partial charge in [0.05, 0.1) is 0 Å². The van der Waals surface area contributed by atoms with E-state index in [9.17, 15) is 4.79 Å². The minimum Gasteiger partial charge on any atom is -0.350 e. The van der Waals surface area contributed by atoms with Crippen molar-refractivity contribution < 1.29 is 4.79 Å². The Morgan fingerprint density at radius 1 is 1.27 bits per heavy atom. The van der Waals surface area contributed by atoms with Gasteiger partial charge < -0.3 is 5.32 Å². The van der Waals surface area contributed by atoms with Crippen molar-refractivity contribution in [2.24, 2.45) is 0 Å². The minimum absolute atomic E-state index is 0.0611. The van der Waals surface area contributed by atoms with Crippen LogP contribution in [0.1, 0.15) is 22.7 Å². The molecule has 0 aliphatic rings. The summed E-state index contributed by atoms with van der Waals surface area (Å²) < 4.78 is 1.59. The molecular weight excluding hydrogens is 328 g/mol. The highest BCUT2D eigenvalue weighted by Crippen LogP contribution is 2.20. The molecule has 0 saturated carbocycles. The van der Waals surface area contributed by atoms with Gasteiger partial charge in [-0.2, -0.15) is 5.10 Å². The first-order valence-corrected chi connectivity index (χ1v) is 8.36. The van der Waals surface area contributed by atoms with Crippen LogP contribution in [0.3, 0.4) is 0 Å². The average molecular weight is 350 g/mol. The number of likely N-dealkylation sites (N-methyl/N-ethyl adjacent to an activating group) is 1. The molecule has 0 aliphatic heterocycles. The van der Waals surface area contributed by atoms with E-state index in [0.717, 1.165) is 16.7 Å². The molecule has 0 bridgehead atoms. The van der Waals surface area contributed by atoms with Crippen molar-refractivity contribution in [1.29, 1.82) is 0 Å². The predicted molar refractivity (Wildman–Crippen MR) is 98.6 cm³/mol. The zero-order chi connectivity index (χ0) is 18.5. The third-order valence-corrected chi connectivity index (χ3v) is 4.08. The van der Waals surface area contributed by atoms with Crippen LogP contribution in [-0.4, -0.2) is 44.7 Å². The van der Waals surface area contributed by atoms with Gasteiger partial charge in [0.25, 0.3) is 0 Å². The lowest BCUT2D eigenvalue weighted by molar-refractivity contribution is -0.125. The van der Waals surface area contributed by atoms with Gasteiger partial charge in [0.1, 0.15) is 18.7 Å². The standard InChI is InChI=1S/C19H22N6O/c1-14-6-4-7-15(10-14)17(24(2)3)19(26)22-11-16-8-5-9-21-18(16)25-13-20-12-23-25/h4-10,12-13,17H,11H2,1-3H3,(H,22,26)/t17-/m1/s1. The van der Waals surface area contributed by atoms with Gasteiger partial charge in [0.15, 0.2) is 5.82 Å². The maximum atomic E-state index is 12.9. The van der Waals surface area contributed by atoms with E-state index in [4.69, 9.17) is 0 Å². The number of aromatic nitrogens is 4. The summed E-state index contributed by atoms with van der Waals surface area (Å²) in [4.78, 5) is 23.1. The molecule has 7 heteroatoms. The number of nitrogens with zero attached hydrogens (tertiary/aromatic N) is 5. The first-order valence-electron chi connectivity index (χ1n) is 8.36. The van der Waals surface area contributed by atoms with Crippen molar-refractivity contribution in [3.05, 3.63) is 71.9 Å². The van der Waals surface area contributed by atoms with Gasteiger partial charge in [0, 0.05) is 18.3 Å². The van der Waals surface area contributed by atoms with Crippen LogP contribution >= 0.6 is 0 Å². The van der Waals surface area contributed by atoms with E-state index in [0.29, 0.717) is 12.4 Å². The zero-order valence-electron chi connectivity index (χ0n) is 15.1. The fourth-order valence-corrected chi connectivity index (χ4v) is 2.90. The summed E-state index contributed by atoms with van der Waals surface area (Å²) in [5.74, 6) is 0.594. The molecule has 134 valence electrons. The summed E-state index contributed by atoms with van der Waals surface area (Å²) in [6.07, 6.45) is 4.73. The molecule has 3 aromatic rings. The number of amides is 1. The molecule has 0 saturated heterocycles. The number of hydrogen-bond acceptors (Lipinski definition) is 5. The number of nitrogens with one attached hydrogen (secondary N) is 1. The van der Waals surface area contributed by atoms with Gasteiger partial charge >= 0.3 is 0 Å². The second kappa shape index (κ2) is 7.88. The van der Waals surface area contributed by atoms with E-state index >= 15 is 0 Å². The molecule has 0 fully saturated rings. The number of carbonyl (C=O) groups excluding carboxylic acids is 1. The second-order valence-corrected chi connectivity index (χ2v) is 6.32. The van der Waals surface area contributed by atoms with Crippen molar-refractivity contribution in [1.82, 2.24) is 30.0 Å². The van der Waals surface area contributed by atoms with Crippen molar-refractivity contribution in [2.45, 2.75) is 19.5 Å². The lowest BCUT2D eigenvalue weighted by Crippen LogP contribution is -2.37. The molecule has 0 spiro atoms. The zero-order valence-corrected chi connectivity index (χ0v) is 15.1. The quantitative estimate of drug-likeness (QED) is 0.735. The molecule has 0 unspecified atom stereocenters. The lowest BCUT2D eigenvalue weighted by atomic mass is 10.0. The minimum atomic E-state index is -0.360. The van der Waals surface area contributed by atoms with E-state index < -0.39 is 0 Å². The van der Waals surface area contributed by atoms with Crippen LogP contribution in [0.2, 0.25) is 0 Å². The Kier molecular flexibility index (Phi) is 5.38. The Morgan fingerprint density at radius 2 is 2.12 bits per heavy atom. The fraction of sp³-hybridized carbons (Fsp3) is 0.263. The number of pyridine rings is 1. The van der Waals surface area contributed by atoms with Crippen LogP contribution in [-0.2, 0) is 11.3 Å². The smallest absolute Gasteiger partial charge is 0.242 e. The number of aryl methyl sites for hydroxylation is 1. The Bertz CT molecular complexity index is 875. The first-order chi connectivity index (χ1) is 12.6. The van der Waals surface area contributed by atoms with Gasteiger partial charge in [-0.25, -0.2) is 14.6 Å². The molecule has 1 amide bonds. The van der Waals surface area contributed by atoms with Crippen LogP contribution in [0, 0.1) is 6.92 Å². The highest BCUT2D eigenvalue weighted by molar-refractivity contribution is 5.83. The number of benzene rings is 1.